The van der Waals surface area contributed by atoms with Gasteiger partial charge in [0.1, 0.15) is 5.75 Å². The van der Waals surface area contributed by atoms with Gasteiger partial charge in [-0.3, -0.25) is 9.59 Å². The SMILES string of the molecule is COc1ccc(N2CCN(C(=O)CSc3ccccc3C(=O)OCC(=O)C(C)(C)C)CC2)cc1. The quantitative estimate of drug-likeness (QED) is 0.415. The third-order valence-corrected chi connectivity index (χ3v) is 6.76. The Morgan fingerprint density at radius 3 is 2.21 bits per heavy atom. The maximum atomic E-state index is 12.8. The molecule has 1 fully saturated rings. The van der Waals surface area contributed by atoms with Crippen LogP contribution in [0.5, 0.6) is 5.75 Å². The van der Waals surface area contributed by atoms with Crippen LogP contribution >= 0.6 is 11.8 Å². The van der Waals surface area contributed by atoms with Crippen LogP contribution in [0.15, 0.2) is 53.4 Å². The molecule has 0 aromatic heterocycles. The molecule has 1 heterocycles. The Hall–Kier alpha value is -3.00. The molecule has 1 aliphatic rings. The first-order chi connectivity index (χ1) is 16.2. The van der Waals surface area contributed by atoms with E-state index in [-0.39, 0.29) is 24.1 Å². The molecule has 1 amide bonds. The summed E-state index contributed by atoms with van der Waals surface area (Å²) < 4.78 is 10.4. The molecule has 1 saturated heterocycles. The van der Waals surface area contributed by atoms with Gasteiger partial charge in [0, 0.05) is 42.2 Å². The van der Waals surface area contributed by atoms with Crippen LogP contribution in [0.25, 0.3) is 0 Å². The molecule has 3 rings (SSSR count). The van der Waals surface area contributed by atoms with Gasteiger partial charge in [-0.1, -0.05) is 32.9 Å². The van der Waals surface area contributed by atoms with Gasteiger partial charge in [-0.25, -0.2) is 4.79 Å². The van der Waals surface area contributed by atoms with Gasteiger partial charge in [0.2, 0.25) is 5.91 Å². The highest BCUT2D eigenvalue weighted by molar-refractivity contribution is 8.00. The van der Waals surface area contributed by atoms with Crippen molar-refractivity contribution < 1.29 is 23.9 Å². The van der Waals surface area contributed by atoms with Crippen molar-refractivity contribution in [3.8, 4) is 5.75 Å². The maximum absolute atomic E-state index is 12.8. The molecule has 0 saturated carbocycles. The number of piperazine rings is 1. The zero-order valence-corrected chi connectivity index (χ0v) is 21.0. The predicted octanol–water partition coefficient (Wildman–Crippen LogP) is 3.91. The average molecular weight is 485 g/mol. The summed E-state index contributed by atoms with van der Waals surface area (Å²) in [5.74, 6) is 0.384. The number of hydrogen-bond donors (Lipinski definition) is 0. The molecule has 0 atom stereocenters. The van der Waals surface area contributed by atoms with Gasteiger partial charge < -0.3 is 19.3 Å². The molecule has 34 heavy (non-hydrogen) atoms. The smallest absolute Gasteiger partial charge is 0.339 e. The van der Waals surface area contributed by atoms with Crippen LogP contribution in [-0.4, -0.2) is 68.2 Å². The molecule has 7 nitrogen and oxygen atoms in total. The van der Waals surface area contributed by atoms with Crippen LogP contribution in [0, 0.1) is 5.41 Å². The number of methoxy groups -OCH3 is 1. The van der Waals surface area contributed by atoms with E-state index in [1.54, 1.807) is 46.1 Å². The first-order valence-corrected chi connectivity index (χ1v) is 12.3. The van der Waals surface area contributed by atoms with Crippen LogP contribution in [0.1, 0.15) is 31.1 Å². The summed E-state index contributed by atoms with van der Waals surface area (Å²) in [6, 6.07) is 14.9. The number of ketones is 1. The van der Waals surface area contributed by atoms with E-state index in [1.807, 2.05) is 35.2 Å². The van der Waals surface area contributed by atoms with E-state index < -0.39 is 11.4 Å². The van der Waals surface area contributed by atoms with Gasteiger partial charge in [-0.15, -0.1) is 11.8 Å². The third kappa shape index (κ3) is 6.76. The molecular weight excluding hydrogens is 452 g/mol. The van der Waals surface area contributed by atoms with Crippen LogP contribution in [-0.2, 0) is 14.3 Å². The second-order valence-corrected chi connectivity index (χ2v) is 10.1. The van der Waals surface area contributed by atoms with E-state index >= 15 is 0 Å². The van der Waals surface area contributed by atoms with Crippen molar-refractivity contribution in [2.24, 2.45) is 5.41 Å². The number of hydrogen-bond acceptors (Lipinski definition) is 7. The molecule has 2 aromatic rings. The fraction of sp³-hybridized carbons (Fsp3) is 0.423. The fourth-order valence-electron chi connectivity index (χ4n) is 3.42. The van der Waals surface area contributed by atoms with Crippen molar-refractivity contribution >= 4 is 35.1 Å². The summed E-state index contributed by atoms with van der Waals surface area (Å²) in [7, 11) is 1.65. The fourth-order valence-corrected chi connectivity index (χ4v) is 4.37. The van der Waals surface area contributed by atoms with Gasteiger partial charge in [0.05, 0.1) is 18.4 Å². The topological polar surface area (TPSA) is 76.2 Å². The van der Waals surface area contributed by atoms with Crippen molar-refractivity contribution in [1.82, 2.24) is 4.90 Å². The average Bonchev–Trinajstić information content (AvgIpc) is 2.85. The highest BCUT2D eigenvalue weighted by Gasteiger charge is 2.25. The molecule has 0 N–H and O–H groups in total. The van der Waals surface area contributed by atoms with Crippen molar-refractivity contribution in [2.45, 2.75) is 25.7 Å². The lowest BCUT2D eigenvalue weighted by molar-refractivity contribution is -0.129. The zero-order valence-electron chi connectivity index (χ0n) is 20.2. The first kappa shape index (κ1) is 25.6. The van der Waals surface area contributed by atoms with Gasteiger partial charge in [-0.05, 0) is 36.4 Å². The summed E-state index contributed by atoms with van der Waals surface area (Å²) in [5, 5.41) is 0. The summed E-state index contributed by atoms with van der Waals surface area (Å²) in [5.41, 5.74) is 0.907. The van der Waals surface area contributed by atoms with Crippen molar-refractivity contribution in [3.63, 3.8) is 0 Å². The molecule has 8 heteroatoms. The Morgan fingerprint density at radius 1 is 0.941 bits per heavy atom. The Bertz CT molecular complexity index is 1010. The van der Waals surface area contributed by atoms with Crippen LogP contribution in [0.4, 0.5) is 5.69 Å². The number of benzene rings is 2. The normalized spacial score (nSPS) is 14.0. The summed E-state index contributed by atoms with van der Waals surface area (Å²) in [6.07, 6.45) is 0. The van der Waals surface area contributed by atoms with E-state index in [1.165, 1.54) is 11.8 Å². The number of ether oxygens (including phenoxy) is 2. The Labute approximate surface area is 205 Å². The van der Waals surface area contributed by atoms with E-state index in [9.17, 15) is 14.4 Å². The Balaban J connectivity index is 1.51. The monoisotopic (exact) mass is 484 g/mol. The van der Waals surface area contributed by atoms with E-state index in [0.717, 1.165) is 24.5 Å². The number of nitrogens with zero attached hydrogens (tertiary/aromatic N) is 2. The van der Waals surface area contributed by atoms with Crippen molar-refractivity contribution in [2.75, 3.05) is 50.5 Å². The standard InChI is InChI=1S/C26H32N2O5S/c1-26(2,3)23(29)17-33-25(31)21-7-5-6-8-22(21)34-18-24(30)28-15-13-27(14-16-28)19-9-11-20(32-4)12-10-19/h5-12H,13-18H2,1-4H3. The second-order valence-electron chi connectivity index (χ2n) is 9.10. The van der Waals surface area contributed by atoms with E-state index in [2.05, 4.69) is 4.90 Å². The number of anilines is 1. The molecule has 2 aromatic carbocycles. The number of thioether (sulfide) groups is 1. The largest absolute Gasteiger partial charge is 0.497 e. The maximum Gasteiger partial charge on any atom is 0.339 e. The molecule has 0 aliphatic carbocycles. The molecule has 0 unspecified atom stereocenters. The summed E-state index contributed by atoms with van der Waals surface area (Å²) in [6.45, 7) is 7.90. The number of carbonyl (C=O) groups is 3. The zero-order chi connectivity index (χ0) is 24.7. The highest BCUT2D eigenvalue weighted by atomic mass is 32.2. The third-order valence-electron chi connectivity index (χ3n) is 5.70. The molecular formula is C26H32N2O5S. The molecule has 0 spiro atoms. The van der Waals surface area contributed by atoms with Gasteiger partial charge in [-0.2, -0.15) is 0 Å². The Kier molecular flexibility index (Phi) is 8.61. The van der Waals surface area contributed by atoms with Crippen LogP contribution in [0.2, 0.25) is 0 Å². The number of rotatable bonds is 8. The van der Waals surface area contributed by atoms with Crippen molar-refractivity contribution in [1.29, 1.82) is 0 Å². The minimum absolute atomic E-state index is 0.0328. The number of esters is 1. The summed E-state index contributed by atoms with van der Waals surface area (Å²) in [4.78, 5) is 42.2. The minimum atomic E-state index is -0.571. The molecule has 0 radical (unpaired) electrons. The molecule has 1 aliphatic heterocycles. The second kappa shape index (κ2) is 11.4. The molecule has 0 bridgehead atoms. The first-order valence-electron chi connectivity index (χ1n) is 11.3. The number of amides is 1. The highest BCUT2D eigenvalue weighted by Crippen LogP contribution is 2.25. The number of carbonyl (C=O) groups excluding carboxylic acids is 3. The van der Waals surface area contributed by atoms with Gasteiger partial charge in [0.25, 0.3) is 0 Å². The predicted molar refractivity (Wildman–Crippen MR) is 134 cm³/mol. The summed E-state index contributed by atoms with van der Waals surface area (Å²) >= 11 is 1.31. The van der Waals surface area contributed by atoms with E-state index in [0.29, 0.717) is 23.5 Å². The van der Waals surface area contributed by atoms with Crippen LogP contribution in [0.3, 0.4) is 0 Å². The lowest BCUT2D eigenvalue weighted by Crippen LogP contribution is -2.49. The van der Waals surface area contributed by atoms with Crippen molar-refractivity contribution in [3.05, 3.63) is 54.1 Å². The van der Waals surface area contributed by atoms with Gasteiger partial charge in [0.15, 0.2) is 12.4 Å². The molecule has 182 valence electrons. The lowest BCUT2D eigenvalue weighted by atomic mass is 9.91. The van der Waals surface area contributed by atoms with Gasteiger partial charge >= 0.3 is 5.97 Å². The number of Topliss-reactive ketones (excluding diaryl/α,β-unsaturated/α-hetero) is 1. The van der Waals surface area contributed by atoms with Crippen LogP contribution < -0.4 is 9.64 Å². The van der Waals surface area contributed by atoms with E-state index in [4.69, 9.17) is 9.47 Å². The minimum Gasteiger partial charge on any atom is -0.497 e. The lowest BCUT2D eigenvalue weighted by Gasteiger charge is -2.36. The Morgan fingerprint density at radius 2 is 1.59 bits per heavy atom.